The van der Waals surface area contributed by atoms with Gasteiger partial charge in [-0.1, -0.05) is 17.3 Å². The van der Waals surface area contributed by atoms with Gasteiger partial charge in [0.15, 0.2) is 5.84 Å². The van der Waals surface area contributed by atoms with Crippen LogP contribution < -0.4 is 5.73 Å². The molecule has 2 saturated carbocycles. The number of nitrogens with zero attached hydrogens (tertiary/aromatic N) is 2. The molecule has 1 aromatic carbocycles. The maximum Gasteiger partial charge on any atom is 0.170 e. The lowest BCUT2D eigenvalue weighted by Gasteiger charge is -2.22. The fourth-order valence-electron chi connectivity index (χ4n) is 2.67. The summed E-state index contributed by atoms with van der Waals surface area (Å²) in [5.74, 6) is 1.27. The predicted molar refractivity (Wildman–Crippen MR) is 79.6 cm³/mol. The molecule has 5 heteroatoms. The van der Waals surface area contributed by atoms with Gasteiger partial charge in [0.1, 0.15) is 5.82 Å². The number of benzene rings is 1. The zero-order valence-corrected chi connectivity index (χ0v) is 12.1. The fourth-order valence-corrected chi connectivity index (χ4v) is 2.67. The summed E-state index contributed by atoms with van der Waals surface area (Å²) in [6.07, 6.45) is 5.25. The molecule has 0 saturated heterocycles. The van der Waals surface area contributed by atoms with E-state index in [0.29, 0.717) is 17.7 Å². The van der Waals surface area contributed by atoms with Crippen LogP contribution >= 0.6 is 0 Å². The van der Waals surface area contributed by atoms with Crippen LogP contribution in [-0.2, 0) is 6.54 Å². The third kappa shape index (κ3) is 3.94. The minimum absolute atomic E-state index is 0.0618. The molecule has 0 spiro atoms. The summed E-state index contributed by atoms with van der Waals surface area (Å²) in [7, 11) is 0. The number of hydrogen-bond acceptors (Lipinski definition) is 3. The van der Waals surface area contributed by atoms with Crippen molar-refractivity contribution in [2.75, 3.05) is 13.1 Å². The Morgan fingerprint density at radius 3 is 2.33 bits per heavy atom. The van der Waals surface area contributed by atoms with Gasteiger partial charge in [0.25, 0.3) is 0 Å². The molecule has 0 aliphatic heterocycles. The zero-order chi connectivity index (χ0) is 14.8. The van der Waals surface area contributed by atoms with Crippen LogP contribution in [0.25, 0.3) is 0 Å². The molecule has 21 heavy (non-hydrogen) atoms. The number of hydrogen-bond donors (Lipinski definition) is 2. The highest BCUT2D eigenvalue weighted by molar-refractivity contribution is 5.97. The van der Waals surface area contributed by atoms with E-state index in [1.807, 2.05) is 0 Å². The summed E-state index contributed by atoms with van der Waals surface area (Å²) in [5.41, 5.74) is 6.58. The van der Waals surface area contributed by atoms with Crippen LogP contribution in [0.5, 0.6) is 0 Å². The second-order valence-corrected chi connectivity index (χ2v) is 6.37. The summed E-state index contributed by atoms with van der Waals surface area (Å²) >= 11 is 0. The number of nitrogens with two attached hydrogens (primary N) is 1. The van der Waals surface area contributed by atoms with Crippen molar-refractivity contribution in [3.8, 4) is 0 Å². The Hall–Kier alpha value is -1.62. The van der Waals surface area contributed by atoms with E-state index in [2.05, 4.69) is 10.1 Å². The van der Waals surface area contributed by atoms with Gasteiger partial charge in [-0.3, -0.25) is 4.90 Å². The maximum atomic E-state index is 14.2. The standard InChI is InChI=1S/C16H22FN3O/c17-15-7-13(16(18)19-21)5-6-14(15)10-20(8-11-1-2-11)9-12-3-4-12/h5-7,11-12,21H,1-4,8-10H2,(H2,18,19). The first-order chi connectivity index (χ1) is 10.2. The van der Waals surface area contributed by atoms with E-state index >= 15 is 0 Å². The van der Waals surface area contributed by atoms with E-state index < -0.39 is 0 Å². The molecular weight excluding hydrogens is 269 g/mol. The van der Waals surface area contributed by atoms with Crippen molar-refractivity contribution >= 4 is 5.84 Å². The first kappa shape index (κ1) is 14.3. The molecule has 2 aliphatic carbocycles. The van der Waals surface area contributed by atoms with Crippen LogP contribution in [0.4, 0.5) is 4.39 Å². The van der Waals surface area contributed by atoms with E-state index in [0.717, 1.165) is 24.9 Å². The van der Waals surface area contributed by atoms with Crippen molar-refractivity contribution in [1.82, 2.24) is 4.90 Å². The van der Waals surface area contributed by atoms with E-state index in [1.165, 1.54) is 31.7 Å². The van der Waals surface area contributed by atoms with Crippen LogP contribution in [0.15, 0.2) is 23.4 Å². The van der Waals surface area contributed by atoms with Crippen molar-refractivity contribution in [1.29, 1.82) is 0 Å². The van der Waals surface area contributed by atoms with Gasteiger partial charge in [0.2, 0.25) is 0 Å². The minimum Gasteiger partial charge on any atom is -0.409 e. The van der Waals surface area contributed by atoms with Crippen molar-refractivity contribution in [2.24, 2.45) is 22.7 Å². The van der Waals surface area contributed by atoms with Crippen molar-refractivity contribution in [2.45, 2.75) is 32.2 Å². The molecular formula is C16H22FN3O. The van der Waals surface area contributed by atoms with Crippen LogP contribution in [-0.4, -0.2) is 29.0 Å². The summed E-state index contributed by atoms with van der Waals surface area (Å²) in [6, 6.07) is 4.80. The zero-order valence-electron chi connectivity index (χ0n) is 12.1. The first-order valence-electron chi connectivity index (χ1n) is 7.64. The average Bonchev–Trinajstić information content (AvgIpc) is 3.36. The molecule has 0 radical (unpaired) electrons. The molecule has 2 fully saturated rings. The second kappa shape index (κ2) is 6.02. The van der Waals surface area contributed by atoms with E-state index in [1.54, 1.807) is 12.1 Å². The highest BCUT2D eigenvalue weighted by Crippen LogP contribution is 2.34. The Labute approximate surface area is 124 Å². The van der Waals surface area contributed by atoms with Gasteiger partial charge in [0.05, 0.1) is 0 Å². The third-order valence-electron chi connectivity index (χ3n) is 4.28. The third-order valence-corrected chi connectivity index (χ3v) is 4.28. The van der Waals surface area contributed by atoms with Gasteiger partial charge in [-0.25, -0.2) is 4.39 Å². The second-order valence-electron chi connectivity index (χ2n) is 6.37. The van der Waals surface area contributed by atoms with Gasteiger partial charge in [-0.15, -0.1) is 0 Å². The number of halogens is 1. The first-order valence-corrected chi connectivity index (χ1v) is 7.64. The molecule has 0 amide bonds. The van der Waals surface area contributed by atoms with Crippen LogP contribution in [0, 0.1) is 17.7 Å². The molecule has 1 aromatic rings. The Kier molecular flexibility index (Phi) is 4.10. The molecule has 0 atom stereocenters. The number of oxime groups is 1. The van der Waals surface area contributed by atoms with Crippen molar-refractivity contribution in [3.63, 3.8) is 0 Å². The fraction of sp³-hybridized carbons (Fsp3) is 0.562. The lowest BCUT2D eigenvalue weighted by atomic mass is 10.1. The Morgan fingerprint density at radius 2 is 1.86 bits per heavy atom. The highest BCUT2D eigenvalue weighted by atomic mass is 19.1. The summed E-state index contributed by atoms with van der Waals surface area (Å²) < 4.78 is 14.2. The van der Waals surface area contributed by atoms with Gasteiger partial charge in [0, 0.05) is 30.8 Å². The maximum absolute atomic E-state index is 14.2. The topological polar surface area (TPSA) is 61.9 Å². The SMILES string of the molecule is NC(=NO)c1ccc(CN(CC2CC2)CC2CC2)c(F)c1. The molecule has 2 aliphatic rings. The van der Waals surface area contributed by atoms with Crippen molar-refractivity contribution < 1.29 is 9.60 Å². The summed E-state index contributed by atoms with van der Waals surface area (Å²) in [6.45, 7) is 2.81. The molecule has 0 bridgehead atoms. The lowest BCUT2D eigenvalue weighted by molar-refractivity contribution is 0.241. The quantitative estimate of drug-likeness (QED) is 0.351. The number of amidine groups is 1. The smallest absolute Gasteiger partial charge is 0.170 e. The molecule has 4 nitrogen and oxygen atoms in total. The summed E-state index contributed by atoms with van der Waals surface area (Å²) in [4.78, 5) is 2.39. The van der Waals surface area contributed by atoms with Gasteiger partial charge >= 0.3 is 0 Å². The molecule has 0 aromatic heterocycles. The van der Waals surface area contributed by atoms with Crippen LogP contribution in [0.1, 0.15) is 36.8 Å². The summed E-state index contributed by atoms with van der Waals surface area (Å²) in [5, 5.41) is 11.5. The lowest BCUT2D eigenvalue weighted by Crippen LogP contribution is -2.28. The highest BCUT2D eigenvalue weighted by Gasteiger charge is 2.29. The van der Waals surface area contributed by atoms with Gasteiger partial charge in [-0.05, 0) is 43.6 Å². The normalized spacial score (nSPS) is 19.2. The van der Waals surface area contributed by atoms with E-state index in [9.17, 15) is 4.39 Å². The van der Waals surface area contributed by atoms with E-state index in [4.69, 9.17) is 10.9 Å². The Balaban J connectivity index is 1.68. The molecule has 0 unspecified atom stereocenters. The monoisotopic (exact) mass is 291 g/mol. The molecule has 0 heterocycles. The van der Waals surface area contributed by atoms with E-state index in [-0.39, 0.29) is 11.7 Å². The molecule has 3 rings (SSSR count). The Bertz CT molecular complexity index is 524. The predicted octanol–water partition coefficient (Wildman–Crippen LogP) is 2.54. The largest absolute Gasteiger partial charge is 0.409 e. The van der Waals surface area contributed by atoms with Crippen LogP contribution in [0.2, 0.25) is 0 Å². The minimum atomic E-state index is -0.282. The van der Waals surface area contributed by atoms with Gasteiger partial charge in [-0.2, -0.15) is 0 Å². The molecule has 3 N–H and O–H groups in total. The Morgan fingerprint density at radius 1 is 1.24 bits per heavy atom. The van der Waals surface area contributed by atoms with Crippen LogP contribution in [0.3, 0.4) is 0 Å². The number of rotatable bonds is 7. The van der Waals surface area contributed by atoms with Gasteiger partial charge < -0.3 is 10.9 Å². The molecule has 114 valence electrons. The van der Waals surface area contributed by atoms with Crippen molar-refractivity contribution in [3.05, 3.63) is 35.1 Å². The average molecular weight is 291 g/mol.